The normalized spacial score (nSPS) is 18.2. The van der Waals surface area contributed by atoms with E-state index < -0.39 is 11.9 Å². The second-order valence-electron chi connectivity index (χ2n) is 6.89. The van der Waals surface area contributed by atoms with E-state index in [4.69, 9.17) is 0 Å². The highest BCUT2D eigenvalue weighted by molar-refractivity contribution is 5.35. The third-order valence-electron chi connectivity index (χ3n) is 4.82. The molecule has 2 aromatic heterocycles. The molecule has 7 nitrogen and oxygen atoms in total. The summed E-state index contributed by atoms with van der Waals surface area (Å²) in [5, 5.41) is 7.25. The van der Waals surface area contributed by atoms with E-state index >= 15 is 0 Å². The highest BCUT2D eigenvalue weighted by Crippen LogP contribution is 2.28. The zero-order valence-corrected chi connectivity index (χ0v) is 15.6. The molecule has 0 bridgehead atoms. The molecule has 1 unspecified atom stereocenters. The summed E-state index contributed by atoms with van der Waals surface area (Å²) in [7, 11) is 0. The summed E-state index contributed by atoms with van der Waals surface area (Å²) in [6.07, 6.45) is -0.536. The fraction of sp³-hybridized carbons (Fsp3) is 0.556. The third kappa shape index (κ3) is 5.28. The van der Waals surface area contributed by atoms with E-state index in [1.165, 1.54) is 10.7 Å². The zero-order valence-electron chi connectivity index (χ0n) is 15.6. The second-order valence-corrected chi connectivity index (χ2v) is 6.89. The van der Waals surface area contributed by atoms with Gasteiger partial charge in [0, 0.05) is 31.3 Å². The van der Waals surface area contributed by atoms with Crippen LogP contribution in [0.2, 0.25) is 0 Å². The van der Waals surface area contributed by atoms with Gasteiger partial charge in [0.05, 0.1) is 12.2 Å². The standard InChI is InChI=1S/C18H23F3N6O/c1-13-5-6-17(28)27(25-13)9-8-26-7-3-2-4-14(26)11-22-16-10-15(18(19,20)21)23-12-24-16/h5-6,10,12,14H,2-4,7-9,11H2,1H3,(H,22,23,24). The van der Waals surface area contributed by atoms with Crippen LogP contribution < -0.4 is 10.9 Å². The van der Waals surface area contributed by atoms with Gasteiger partial charge < -0.3 is 5.32 Å². The van der Waals surface area contributed by atoms with Crippen molar-refractivity contribution in [2.45, 2.75) is 44.9 Å². The Balaban J connectivity index is 1.60. The molecule has 0 aliphatic carbocycles. The van der Waals surface area contributed by atoms with Crippen molar-refractivity contribution < 1.29 is 13.2 Å². The largest absolute Gasteiger partial charge is 0.433 e. The molecule has 1 aliphatic rings. The minimum absolute atomic E-state index is 0.141. The van der Waals surface area contributed by atoms with Gasteiger partial charge in [0.2, 0.25) is 0 Å². The molecule has 1 fully saturated rings. The van der Waals surface area contributed by atoms with Gasteiger partial charge in [-0.2, -0.15) is 18.3 Å². The summed E-state index contributed by atoms with van der Waals surface area (Å²) in [4.78, 5) is 21.3. The van der Waals surface area contributed by atoms with Crippen LogP contribution in [-0.4, -0.2) is 50.3 Å². The van der Waals surface area contributed by atoms with Crippen molar-refractivity contribution in [3.8, 4) is 0 Å². The van der Waals surface area contributed by atoms with Gasteiger partial charge in [-0.1, -0.05) is 6.42 Å². The summed E-state index contributed by atoms with van der Waals surface area (Å²) in [6, 6.07) is 4.26. The first-order valence-electron chi connectivity index (χ1n) is 9.25. The quantitative estimate of drug-likeness (QED) is 0.808. The lowest BCUT2D eigenvalue weighted by molar-refractivity contribution is -0.141. The highest BCUT2D eigenvalue weighted by atomic mass is 19.4. The Labute approximate surface area is 160 Å². The average molecular weight is 396 g/mol. The number of nitrogens with zero attached hydrogens (tertiary/aromatic N) is 5. The smallest absolute Gasteiger partial charge is 0.368 e. The third-order valence-corrected chi connectivity index (χ3v) is 4.82. The number of halogens is 3. The van der Waals surface area contributed by atoms with E-state index in [1.807, 2.05) is 6.92 Å². The predicted octanol–water partition coefficient (Wildman–Crippen LogP) is 2.33. The first-order chi connectivity index (χ1) is 13.3. The number of likely N-dealkylation sites (tertiary alicyclic amines) is 1. The van der Waals surface area contributed by atoms with Gasteiger partial charge in [0.1, 0.15) is 17.8 Å². The van der Waals surface area contributed by atoms with E-state index in [-0.39, 0.29) is 17.4 Å². The molecule has 1 saturated heterocycles. The maximum absolute atomic E-state index is 12.8. The number of hydrogen-bond donors (Lipinski definition) is 1. The maximum atomic E-state index is 12.8. The molecular formula is C18H23F3N6O. The Morgan fingerprint density at radius 2 is 2.04 bits per heavy atom. The number of piperidine rings is 1. The number of alkyl halides is 3. The Morgan fingerprint density at radius 3 is 2.82 bits per heavy atom. The Morgan fingerprint density at radius 1 is 1.21 bits per heavy atom. The first-order valence-corrected chi connectivity index (χ1v) is 9.25. The van der Waals surface area contributed by atoms with E-state index in [1.54, 1.807) is 6.07 Å². The fourth-order valence-electron chi connectivity index (χ4n) is 3.35. The summed E-state index contributed by atoms with van der Waals surface area (Å²) in [5.41, 5.74) is -0.325. The van der Waals surface area contributed by atoms with Crippen molar-refractivity contribution >= 4 is 5.82 Å². The number of aromatic nitrogens is 4. The summed E-state index contributed by atoms with van der Waals surface area (Å²) in [6.45, 7) is 4.32. The van der Waals surface area contributed by atoms with Crippen molar-refractivity contribution in [3.05, 3.63) is 46.3 Å². The molecule has 0 radical (unpaired) electrons. The van der Waals surface area contributed by atoms with Gasteiger partial charge in [0.25, 0.3) is 5.56 Å². The van der Waals surface area contributed by atoms with Crippen molar-refractivity contribution in [2.75, 3.05) is 25.0 Å². The molecule has 3 heterocycles. The van der Waals surface area contributed by atoms with E-state index in [0.29, 0.717) is 19.6 Å². The number of hydrogen-bond acceptors (Lipinski definition) is 6. The van der Waals surface area contributed by atoms with Crippen LogP contribution in [0.5, 0.6) is 0 Å². The molecule has 1 atom stereocenters. The Bertz CT molecular complexity index is 854. The first kappa shape index (κ1) is 20.2. The van der Waals surface area contributed by atoms with Gasteiger partial charge >= 0.3 is 6.18 Å². The van der Waals surface area contributed by atoms with E-state index in [2.05, 4.69) is 25.3 Å². The summed E-state index contributed by atoms with van der Waals surface area (Å²) in [5.74, 6) is 0.157. The topological polar surface area (TPSA) is 75.9 Å². The molecule has 0 spiro atoms. The maximum Gasteiger partial charge on any atom is 0.433 e. The van der Waals surface area contributed by atoms with Crippen LogP contribution in [0.15, 0.2) is 29.3 Å². The van der Waals surface area contributed by atoms with Gasteiger partial charge in [0.15, 0.2) is 0 Å². The number of anilines is 1. The summed E-state index contributed by atoms with van der Waals surface area (Å²) < 4.78 is 39.8. The number of aryl methyl sites for hydroxylation is 1. The Hall–Kier alpha value is -2.49. The van der Waals surface area contributed by atoms with Crippen LogP contribution in [0.4, 0.5) is 19.0 Å². The Kier molecular flexibility index (Phi) is 6.28. The van der Waals surface area contributed by atoms with Gasteiger partial charge in [-0.15, -0.1) is 0 Å². The highest BCUT2D eigenvalue weighted by Gasteiger charge is 2.33. The molecule has 10 heteroatoms. The molecule has 0 saturated carbocycles. The molecule has 152 valence electrons. The number of rotatable bonds is 6. The van der Waals surface area contributed by atoms with Gasteiger partial charge in [-0.25, -0.2) is 14.6 Å². The van der Waals surface area contributed by atoms with Crippen molar-refractivity contribution in [1.82, 2.24) is 24.6 Å². The van der Waals surface area contributed by atoms with Crippen molar-refractivity contribution in [2.24, 2.45) is 0 Å². The molecule has 28 heavy (non-hydrogen) atoms. The zero-order chi connectivity index (χ0) is 20.1. The lowest BCUT2D eigenvalue weighted by Gasteiger charge is -2.35. The molecule has 1 N–H and O–H groups in total. The molecular weight excluding hydrogens is 373 g/mol. The van der Waals surface area contributed by atoms with Crippen LogP contribution in [0.1, 0.15) is 30.7 Å². The van der Waals surface area contributed by atoms with E-state index in [9.17, 15) is 18.0 Å². The average Bonchev–Trinajstić information content (AvgIpc) is 2.67. The molecule has 2 aromatic rings. The van der Waals surface area contributed by atoms with Crippen LogP contribution in [0.25, 0.3) is 0 Å². The lowest BCUT2D eigenvalue weighted by atomic mass is 10.0. The van der Waals surface area contributed by atoms with E-state index in [0.717, 1.165) is 43.9 Å². The van der Waals surface area contributed by atoms with Gasteiger partial charge in [-0.05, 0) is 32.4 Å². The van der Waals surface area contributed by atoms with Crippen LogP contribution in [0.3, 0.4) is 0 Å². The fourth-order valence-corrected chi connectivity index (χ4v) is 3.35. The van der Waals surface area contributed by atoms with Crippen LogP contribution in [-0.2, 0) is 12.7 Å². The number of nitrogens with one attached hydrogen (secondary N) is 1. The van der Waals surface area contributed by atoms with Crippen molar-refractivity contribution in [1.29, 1.82) is 0 Å². The van der Waals surface area contributed by atoms with Crippen LogP contribution >= 0.6 is 0 Å². The molecule has 0 aromatic carbocycles. The summed E-state index contributed by atoms with van der Waals surface area (Å²) >= 11 is 0. The minimum atomic E-state index is -4.50. The molecule has 1 aliphatic heterocycles. The molecule has 0 amide bonds. The van der Waals surface area contributed by atoms with Crippen molar-refractivity contribution in [3.63, 3.8) is 0 Å². The SMILES string of the molecule is Cc1ccc(=O)n(CCN2CCCCC2CNc2cc(C(F)(F)F)ncn2)n1. The minimum Gasteiger partial charge on any atom is -0.368 e. The monoisotopic (exact) mass is 396 g/mol. The second kappa shape index (κ2) is 8.68. The predicted molar refractivity (Wildman–Crippen MR) is 98.0 cm³/mol. The van der Waals surface area contributed by atoms with Crippen LogP contribution in [0, 0.1) is 6.92 Å². The molecule has 3 rings (SSSR count). The lowest BCUT2D eigenvalue weighted by Crippen LogP contribution is -2.45. The van der Waals surface area contributed by atoms with Gasteiger partial charge in [-0.3, -0.25) is 9.69 Å².